The zero-order valence-corrected chi connectivity index (χ0v) is 21.0. The third kappa shape index (κ3) is 7.19. The third-order valence-electron chi connectivity index (χ3n) is 7.12. The number of amides is 1. The molecule has 2 fully saturated rings. The molecule has 2 aromatic carbocycles. The number of nitrogens with zero attached hydrogens (tertiary/aromatic N) is 2. The zero-order chi connectivity index (χ0) is 23.2. The number of piperidine rings is 2. The normalized spacial score (nSPS) is 19.0. The second kappa shape index (κ2) is 11.7. The number of benzene rings is 2. The van der Waals surface area contributed by atoms with Crippen LogP contribution in [0.25, 0.3) is 0 Å². The first-order valence-corrected chi connectivity index (χ1v) is 13.0. The molecule has 4 nitrogen and oxygen atoms in total. The number of hydrogen-bond acceptors (Lipinski definition) is 3. The van der Waals surface area contributed by atoms with Crippen LogP contribution in [0.15, 0.2) is 42.5 Å². The quantitative estimate of drug-likeness (QED) is 0.539. The van der Waals surface area contributed by atoms with E-state index >= 15 is 0 Å². The Morgan fingerprint density at radius 1 is 0.818 bits per heavy atom. The van der Waals surface area contributed by atoms with Crippen LogP contribution >= 0.6 is 23.2 Å². The van der Waals surface area contributed by atoms with Gasteiger partial charge in [-0.1, -0.05) is 60.5 Å². The summed E-state index contributed by atoms with van der Waals surface area (Å²) in [5.74, 6) is 1.13. The molecule has 2 aliphatic rings. The first kappa shape index (κ1) is 24.5. The number of halogens is 2. The van der Waals surface area contributed by atoms with E-state index in [9.17, 15) is 4.79 Å². The SMILES string of the molecule is CC1CCN(Cc2ccc(CNC(=O)C3CCN(Cc4ccc(Cl)c(Cl)c4)CC3)cc2)CC1. The molecule has 33 heavy (non-hydrogen) atoms. The lowest BCUT2D eigenvalue weighted by atomic mass is 9.95. The highest BCUT2D eigenvalue weighted by molar-refractivity contribution is 6.42. The van der Waals surface area contributed by atoms with Gasteiger partial charge in [-0.2, -0.15) is 0 Å². The van der Waals surface area contributed by atoms with Crippen molar-refractivity contribution in [1.82, 2.24) is 15.1 Å². The van der Waals surface area contributed by atoms with Crippen molar-refractivity contribution in [2.75, 3.05) is 26.2 Å². The highest BCUT2D eigenvalue weighted by atomic mass is 35.5. The average Bonchev–Trinajstić information content (AvgIpc) is 2.83. The molecule has 2 aliphatic heterocycles. The van der Waals surface area contributed by atoms with Gasteiger partial charge in [0.1, 0.15) is 0 Å². The minimum absolute atomic E-state index is 0.0934. The van der Waals surface area contributed by atoms with Gasteiger partial charge in [-0.05, 0) is 86.6 Å². The maximum Gasteiger partial charge on any atom is 0.223 e. The summed E-state index contributed by atoms with van der Waals surface area (Å²) >= 11 is 12.1. The predicted molar refractivity (Wildman–Crippen MR) is 136 cm³/mol. The van der Waals surface area contributed by atoms with E-state index in [4.69, 9.17) is 23.2 Å². The Morgan fingerprint density at radius 2 is 1.36 bits per heavy atom. The van der Waals surface area contributed by atoms with Gasteiger partial charge in [0.05, 0.1) is 10.0 Å². The smallest absolute Gasteiger partial charge is 0.223 e. The molecule has 0 bridgehead atoms. The molecule has 0 aliphatic carbocycles. The molecule has 0 aromatic heterocycles. The lowest BCUT2D eigenvalue weighted by molar-refractivity contribution is -0.126. The van der Waals surface area contributed by atoms with E-state index in [-0.39, 0.29) is 11.8 Å². The highest BCUT2D eigenvalue weighted by Gasteiger charge is 2.25. The number of carbonyl (C=O) groups is 1. The van der Waals surface area contributed by atoms with Gasteiger partial charge in [-0.3, -0.25) is 14.6 Å². The molecule has 1 amide bonds. The molecule has 2 heterocycles. The maximum atomic E-state index is 12.7. The van der Waals surface area contributed by atoms with Crippen LogP contribution in [0, 0.1) is 11.8 Å². The monoisotopic (exact) mass is 487 g/mol. The Labute approximate surface area is 208 Å². The summed E-state index contributed by atoms with van der Waals surface area (Å²) in [7, 11) is 0. The fourth-order valence-electron chi connectivity index (χ4n) is 4.82. The summed E-state index contributed by atoms with van der Waals surface area (Å²) < 4.78 is 0. The Morgan fingerprint density at radius 3 is 2.00 bits per heavy atom. The fraction of sp³-hybridized carbons (Fsp3) is 0.519. The molecule has 0 saturated carbocycles. The van der Waals surface area contributed by atoms with Crippen LogP contribution in [0.1, 0.15) is 49.3 Å². The van der Waals surface area contributed by atoms with Crippen molar-refractivity contribution < 1.29 is 4.79 Å². The van der Waals surface area contributed by atoms with E-state index < -0.39 is 0 Å². The number of nitrogens with one attached hydrogen (secondary N) is 1. The van der Waals surface area contributed by atoms with Crippen LogP contribution in [0.2, 0.25) is 10.0 Å². The number of rotatable bonds is 7. The van der Waals surface area contributed by atoms with Crippen molar-refractivity contribution in [3.8, 4) is 0 Å². The topological polar surface area (TPSA) is 35.6 Å². The molecule has 0 atom stereocenters. The molecule has 2 aromatic rings. The largest absolute Gasteiger partial charge is 0.352 e. The second-order valence-electron chi connectivity index (χ2n) is 9.79. The molecule has 2 saturated heterocycles. The van der Waals surface area contributed by atoms with Gasteiger partial charge in [0.15, 0.2) is 0 Å². The fourth-order valence-corrected chi connectivity index (χ4v) is 5.14. The Hall–Kier alpha value is -1.59. The maximum absolute atomic E-state index is 12.7. The van der Waals surface area contributed by atoms with E-state index in [0.717, 1.165) is 56.1 Å². The lowest BCUT2D eigenvalue weighted by Crippen LogP contribution is -2.40. The standard InChI is InChI=1S/C27H35Cl2N3O/c1-20-8-12-31(13-9-20)18-22-4-2-21(3-5-22)17-30-27(33)24-10-14-32(15-11-24)19-23-6-7-25(28)26(29)16-23/h2-7,16,20,24H,8-15,17-19H2,1H3,(H,30,33). The summed E-state index contributed by atoms with van der Waals surface area (Å²) in [6, 6.07) is 14.5. The predicted octanol–water partition coefficient (Wildman–Crippen LogP) is 5.75. The molecule has 1 N–H and O–H groups in total. The summed E-state index contributed by atoms with van der Waals surface area (Å²) in [4.78, 5) is 17.6. The number of hydrogen-bond donors (Lipinski definition) is 1. The van der Waals surface area contributed by atoms with Crippen molar-refractivity contribution in [3.63, 3.8) is 0 Å². The molecular formula is C27H35Cl2N3O. The highest BCUT2D eigenvalue weighted by Crippen LogP contribution is 2.25. The van der Waals surface area contributed by atoms with Gasteiger partial charge >= 0.3 is 0 Å². The van der Waals surface area contributed by atoms with Crippen LogP contribution < -0.4 is 5.32 Å². The van der Waals surface area contributed by atoms with E-state index in [1.54, 1.807) is 0 Å². The number of likely N-dealkylation sites (tertiary alicyclic amines) is 2. The van der Waals surface area contributed by atoms with Crippen molar-refractivity contribution >= 4 is 29.1 Å². The molecular weight excluding hydrogens is 453 g/mol. The first-order valence-electron chi connectivity index (χ1n) is 12.2. The van der Waals surface area contributed by atoms with Crippen LogP contribution in [0.4, 0.5) is 0 Å². The van der Waals surface area contributed by atoms with E-state index in [1.165, 1.54) is 31.5 Å². The minimum Gasteiger partial charge on any atom is -0.352 e. The molecule has 0 unspecified atom stereocenters. The van der Waals surface area contributed by atoms with Gasteiger partial charge in [-0.25, -0.2) is 0 Å². The Kier molecular flexibility index (Phi) is 8.70. The van der Waals surface area contributed by atoms with Gasteiger partial charge in [0.25, 0.3) is 0 Å². The Balaban J connectivity index is 1.17. The van der Waals surface area contributed by atoms with E-state index in [1.807, 2.05) is 18.2 Å². The Bertz CT molecular complexity index is 917. The van der Waals surface area contributed by atoms with Crippen molar-refractivity contribution in [2.24, 2.45) is 11.8 Å². The molecule has 4 rings (SSSR count). The zero-order valence-electron chi connectivity index (χ0n) is 19.5. The summed E-state index contributed by atoms with van der Waals surface area (Å²) in [5, 5.41) is 4.33. The summed E-state index contributed by atoms with van der Waals surface area (Å²) in [6.07, 6.45) is 4.39. The van der Waals surface area contributed by atoms with Gasteiger partial charge in [-0.15, -0.1) is 0 Å². The van der Waals surface area contributed by atoms with Gasteiger partial charge in [0, 0.05) is 25.6 Å². The van der Waals surface area contributed by atoms with Gasteiger partial charge in [0.2, 0.25) is 5.91 Å². The second-order valence-corrected chi connectivity index (χ2v) is 10.6. The van der Waals surface area contributed by atoms with Crippen LogP contribution in [0.3, 0.4) is 0 Å². The minimum atomic E-state index is 0.0934. The van der Waals surface area contributed by atoms with E-state index in [0.29, 0.717) is 16.6 Å². The summed E-state index contributed by atoms with van der Waals surface area (Å²) in [6.45, 7) is 9.06. The van der Waals surface area contributed by atoms with Crippen LogP contribution in [-0.4, -0.2) is 41.9 Å². The van der Waals surface area contributed by atoms with Gasteiger partial charge < -0.3 is 5.32 Å². The van der Waals surface area contributed by atoms with Crippen molar-refractivity contribution in [1.29, 1.82) is 0 Å². The van der Waals surface area contributed by atoms with Crippen LogP contribution in [-0.2, 0) is 24.4 Å². The third-order valence-corrected chi connectivity index (χ3v) is 7.86. The summed E-state index contributed by atoms with van der Waals surface area (Å²) in [5.41, 5.74) is 3.68. The first-order chi connectivity index (χ1) is 16.0. The lowest BCUT2D eigenvalue weighted by Gasteiger charge is -2.31. The number of carbonyl (C=O) groups excluding carboxylic acids is 1. The van der Waals surface area contributed by atoms with Crippen LogP contribution in [0.5, 0.6) is 0 Å². The van der Waals surface area contributed by atoms with Crippen molar-refractivity contribution in [2.45, 2.75) is 52.2 Å². The molecule has 178 valence electrons. The molecule has 0 spiro atoms. The molecule has 6 heteroatoms. The van der Waals surface area contributed by atoms with E-state index in [2.05, 4.69) is 46.3 Å². The molecule has 0 radical (unpaired) electrons. The van der Waals surface area contributed by atoms with Crippen molar-refractivity contribution in [3.05, 3.63) is 69.2 Å². The average molecular weight is 489 g/mol.